The molecule has 1 saturated carbocycles. The molecule has 4 rings (SSSR count). The summed E-state index contributed by atoms with van der Waals surface area (Å²) in [6.45, 7) is 2.05. The monoisotopic (exact) mass is 341 g/mol. The second-order valence-corrected chi connectivity index (χ2v) is 6.97. The van der Waals surface area contributed by atoms with E-state index in [0.29, 0.717) is 6.04 Å². The van der Waals surface area contributed by atoms with Gasteiger partial charge in [-0.3, -0.25) is 0 Å². The number of carbonyl (C=O) groups excluding carboxylic acids is 1. The Kier molecular flexibility index (Phi) is 3.86. The number of aryl methyl sites for hydroxylation is 1. The van der Waals surface area contributed by atoms with Crippen molar-refractivity contribution in [3.63, 3.8) is 0 Å². The van der Waals surface area contributed by atoms with Crippen LogP contribution in [0.3, 0.4) is 0 Å². The number of carbonyl (C=O) groups is 1. The Hall–Kier alpha value is -2.57. The van der Waals surface area contributed by atoms with Crippen LogP contribution in [0.5, 0.6) is 0 Å². The third-order valence-corrected chi connectivity index (χ3v) is 5.05. The fourth-order valence-corrected chi connectivity index (χ4v) is 3.82. The first-order valence-electron chi connectivity index (χ1n) is 8.73. The molecule has 1 aliphatic carbocycles. The van der Waals surface area contributed by atoms with Crippen LogP contribution in [0.25, 0.3) is 22.1 Å². The normalized spacial score (nSPS) is 20.9. The van der Waals surface area contributed by atoms with Gasteiger partial charge < -0.3 is 19.2 Å². The molecule has 7 heteroatoms. The number of nitrogens with zero attached hydrogens (tertiary/aromatic N) is 4. The number of hydrogen-bond acceptors (Lipinski definition) is 4. The van der Waals surface area contributed by atoms with E-state index in [-0.39, 0.29) is 12.2 Å². The summed E-state index contributed by atoms with van der Waals surface area (Å²) in [5.41, 5.74) is 2.98. The first kappa shape index (κ1) is 15.9. The third-order valence-electron chi connectivity index (χ3n) is 5.05. The molecule has 3 aromatic rings. The molecule has 132 valence electrons. The minimum Gasteiger partial charge on any atom is -0.446 e. The van der Waals surface area contributed by atoms with E-state index in [1.807, 2.05) is 12.4 Å². The number of imidazole rings is 1. The van der Waals surface area contributed by atoms with E-state index in [0.717, 1.165) is 53.6 Å². The molecule has 0 saturated heterocycles. The number of pyridine rings is 1. The van der Waals surface area contributed by atoms with E-state index >= 15 is 0 Å². The van der Waals surface area contributed by atoms with E-state index in [1.54, 1.807) is 14.1 Å². The summed E-state index contributed by atoms with van der Waals surface area (Å²) in [6.07, 6.45) is 7.22. The van der Waals surface area contributed by atoms with Crippen molar-refractivity contribution in [3.05, 3.63) is 24.3 Å². The maximum Gasteiger partial charge on any atom is 0.409 e. The van der Waals surface area contributed by atoms with Crippen LogP contribution in [-0.2, 0) is 4.74 Å². The number of ether oxygens (including phenoxy) is 1. The number of aromatic nitrogens is 4. The van der Waals surface area contributed by atoms with Crippen LogP contribution in [-0.4, -0.2) is 50.7 Å². The molecule has 1 N–H and O–H groups in total. The summed E-state index contributed by atoms with van der Waals surface area (Å²) in [7, 11) is 3.43. The lowest BCUT2D eigenvalue weighted by molar-refractivity contribution is 0.0480. The second-order valence-electron chi connectivity index (χ2n) is 6.97. The highest BCUT2D eigenvalue weighted by Gasteiger charge is 2.28. The average Bonchev–Trinajstić information content (AvgIpc) is 3.18. The predicted octanol–water partition coefficient (Wildman–Crippen LogP) is 3.40. The number of amides is 1. The van der Waals surface area contributed by atoms with Gasteiger partial charge in [0.1, 0.15) is 23.1 Å². The molecule has 1 amide bonds. The Labute approximate surface area is 146 Å². The molecule has 0 aliphatic heterocycles. The van der Waals surface area contributed by atoms with E-state index in [1.165, 1.54) is 4.90 Å². The lowest BCUT2D eigenvalue weighted by Crippen LogP contribution is -2.31. The van der Waals surface area contributed by atoms with Crippen LogP contribution in [0.1, 0.15) is 37.5 Å². The number of H-pyrrole nitrogens is 1. The summed E-state index contributed by atoms with van der Waals surface area (Å²) in [5.74, 6) is 1.01. The first-order valence-corrected chi connectivity index (χ1v) is 8.73. The van der Waals surface area contributed by atoms with Crippen LogP contribution in [0.2, 0.25) is 0 Å². The Morgan fingerprint density at radius 2 is 2.08 bits per heavy atom. The molecule has 0 unspecified atom stereocenters. The summed E-state index contributed by atoms with van der Waals surface area (Å²) < 4.78 is 7.89. The van der Waals surface area contributed by atoms with Crippen molar-refractivity contribution < 1.29 is 9.53 Å². The molecule has 25 heavy (non-hydrogen) atoms. The molecule has 0 bridgehead atoms. The maximum absolute atomic E-state index is 11.7. The molecule has 1 fully saturated rings. The van der Waals surface area contributed by atoms with Gasteiger partial charge in [-0.1, -0.05) is 0 Å². The van der Waals surface area contributed by atoms with Gasteiger partial charge in [-0.2, -0.15) is 0 Å². The van der Waals surface area contributed by atoms with Crippen molar-refractivity contribution in [2.75, 3.05) is 14.1 Å². The quantitative estimate of drug-likeness (QED) is 0.775. The zero-order valence-corrected chi connectivity index (χ0v) is 14.8. The number of rotatable bonds is 2. The van der Waals surface area contributed by atoms with Gasteiger partial charge in [-0.05, 0) is 38.7 Å². The van der Waals surface area contributed by atoms with Crippen molar-refractivity contribution in [1.29, 1.82) is 0 Å². The molecule has 3 aromatic heterocycles. The van der Waals surface area contributed by atoms with Crippen molar-refractivity contribution in [3.8, 4) is 0 Å². The smallest absolute Gasteiger partial charge is 0.409 e. The Bertz CT molecular complexity index is 918. The van der Waals surface area contributed by atoms with Gasteiger partial charge in [0.25, 0.3) is 0 Å². The standard InChI is InChI=1S/C18H23N5O2/c1-11-21-15-10-20-17-14(8-9-19-17)16(15)23(11)12-4-6-13(7-5-12)25-18(24)22(2)3/h8-10,12-13H,4-7H2,1-3H3,(H,19,20). The van der Waals surface area contributed by atoms with Crippen LogP contribution in [0.15, 0.2) is 18.5 Å². The molecular formula is C18H23N5O2. The zero-order chi connectivity index (χ0) is 17.6. The highest BCUT2D eigenvalue weighted by atomic mass is 16.6. The largest absolute Gasteiger partial charge is 0.446 e. The van der Waals surface area contributed by atoms with Gasteiger partial charge in [-0.25, -0.2) is 14.8 Å². The lowest BCUT2D eigenvalue weighted by atomic mass is 9.92. The summed E-state index contributed by atoms with van der Waals surface area (Å²) in [5, 5.41) is 1.11. The molecule has 0 atom stereocenters. The number of aromatic amines is 1. The Morgan fingerprint density at radius 3 is 2.80 bits per heavy atom. The minimum absolute atomic E-state index is 0.00943. The average molecular weight is 341 g/mol. The van der Waals surface area contributed by atoms with Gasteiger partial charge in [0.05, 0.1) is 11.7 Å². The van der Waals surface area contributed by atoms with E-state index in [9.17, 15) is 4.79 Å². The first-order chi connectivity index (χ1) is 12.0. The number of fused-ring (bicyclic) bond motifs is 3. The molecule has 3 heterocycles. The van der Waals surface area contributed by atoms with Crippen LogP contribution < -0.4 is 0 Å². The van der Waals surface area contributed by atoms with Gasteiger partial charge in [0.2, 0.25) is 0 Å². The van der Waals surface area contributed by atoms with E-state index < -0.39 is 0 Å². The highest BCUT2D eigenvalue weighted by Crippen LogP contribution is 2.35. The van der Waals surface area contributed by atoms with Crippen molar-refractivity contribution in [2.24, 2.45) is 0 Å². The summed E-state index contributed by atoms with van der Waals surface area (Å²) in [6, 6.07) is 2.44. The van der Waals surface area contributed by atoms with Gasteiger partial charge >= 0.3 is 6.09 Å². The van der Waals surface area contributed by atoms with Crippen molar-refractivity contribution >= 4 is 28.2 Å². The fraction of sp³-hybridized carbons (Fsp3) is 0.500. The second kappa shape index (κ2) is 6.06. The molecule has 0 radical (unpaired) electrons. The Morgan fingerprint density at radius 1 is 1.32 bits per heavy atom. The van der Waals surface area contributed by atoms with Gasteiger partial charge in [0, 0.05) is 31.7 Å². The fourth-order valence-electron chi connectivity index (χ4n) is 3.82. The molecule has 1 aliphatic rings. The third kappa shape index (κ3) is 2.73. The summed E-state index contributed by atoms with van der Waals surface area (Å²) in [4.78, 5) is 25.5. The van der Waals surface area contributed by atoms with Crippen molar-refractivity contribution in [1.82, 2.24) is 24.4 Å². The summed E-state index contributed by atoms with van der Waals surface area (Å²) >= 11 is 0. The maximum atomic E-state index is 11.7. The molecular weight excluding hydrogens is 318 g/mol. The topological polar surface area (TPSA) is 76.0 Å². The number of hydrogen-bond donors (Lipinski definition) is 1. The lowest BCUT2D eigenvalue weighted by Gasteiger charge is -2.30. The van der Waals surface area contributed by atoms with Gasteiger partial charge in [-0.15, -0.1) is 0 Å². The van der Waals surface area contributed by atoms with Crippen molar-refractivity contribution in [2.45, 2.75) is 44.8 Å². The van der Waals surface area contributed by atoms with Crippen LogP contribution >= 0.6 is 0 Å². The number of nitrogens with one attached hydrogen (secondary N) is 1. The van der Waals surface area contributed by atoms with Crippen LogP contribution in [0, 0.1) is 6.92 Å². The SMILES string of the molecule is Cc1nc2cnc3[nH]ccc3c2n1C1CCC(OC(=O)N(C)C)CC1. The highest BCUT2D eigenvalue weighted by molar-refractivity contribution is 6.01. The molecule has 0 aromatic carbocycles. The zero-order valence-electron chi connectivity index (χ0n) is 14.8. The van der Waals surface area contributed by atoms with E-state index in [2.05, 4.69) is 27.5 Å². The Balaban J connectivity index is 1.60. The van der Waals surface area contributed by atoms with E-state index in [4.69, 9.17) is 9.72 Å². The minimum atomic E-state index is -0.257. The van der Waals surface area contributed by atoms with Gasteiger partial charge in [0.15, 0.2) is 0 Å². The molecule has 7 nitrogen and oxygen atoms in total. The predicted molar refractivity (Wildman–Crippen MR) is 95.6 cm³/mol. The molecule has 0 spiro atoms. The van der Waals surface area contributed by atoms with Crippen LogP contribution in [0.4, 0.5) is 4.79 Å².